The van der Waals surface area contributed by atoms with Gasteiger partial charge in [-0.1, -0.05) is 41.9 Å². The molecule has 0 aromatic heterocycles. The summed E-state index contributed by atoms with van der Waals surface area (Å²) in [7, 11) is 0. The van der Waals surface area contributed by atoms with E-state index in [-0.39, 0.29) is 11.3 Å². The Bertz CT molecular complexity index is 870. The van der Waals surface area contributed by atoms with E-state index in [4.69, 9.17) is 32.1 Å². The lowest BCUT2D eigenvalue weighted by atomic mass is 10.2. The molecule has 0 aliphatic rings. The van der Waals surface area contributed by atoms with Crippen molar-refractivity contribution in [2.24, 2.45) is 0 Å². The van der Waals surface area contributed by atoms with Crippen LogP contribution in [-0.2, 0) is 6.61 Å². The molecule has 2 aromatic carbocycles. The molecule has 0 aliphatic carbocycles. The Morgan fingerprint density at radius 2 is 1.71 bits per heavy atom. The summed E-state index contributed by atoms with van der Waals surface area (Å²) in [5.74, 6) is 0.450. The van der Waals surface area contributed by atoms with Crippen molar-refractivity contribution in [3.63, 3.8) is 0 Å². The predicted octanol–water partition coefficient (Wildman–Crippen LogP) is 4.16. The van der Waals surface area contributed by atoms with Crippen LogP contribution in [0.15, 0.2) is 59.8 Å². The molecule has 0 bridgehead atoms. The number of nitrogens with one attached hydrogen (secondary N) is 1. The molecule has 0 saturated heterocycles. The van der Waals surface area contributed by atoms with Crippen molar-refractivity contribution in [2.45, 2.75) is 6.61 Å². The van der Waals surface area contributed by atoms with Gasteiger partial charge in [-0.15, -0.1) is 0 Å². The van der Waals surface area contributed by atoms with Crippen LogP contribution in [0, 0.1) is 34.0 Å². The van der Waals surface area contributed by atoms with Crippen LogP contribution in [0.25, 0.3) is 0 Å². The van der Waals surface area contributed by atoms with Crippen molar-refractivity contribution in [3.8, 4) is 24.0 Å². The highest BCUT2D eigenvalue weighted by Gasteiger charge is 2.11. The van der Waals surface area contributed by atoms with Crippen LogP contribution < -0.4 is 10.1 Å². The Morgan fingerprint density at radius 1 is 1.00 bits per heavy atom. The molecule has 6 heteroatoms. The average molecular weight is 335 g/mol. The third-order valence-electron chi connectivity index (χ3n) is 3.02. The fourth-order valence-corrected chi connectivity index (χ4v) is 2.05. The highest BCUT2D eigenvalue weighted by Crippen LogP contribution is 2.30. The Hall–Kier alpha value is -3.46. The number of rotatable bonds is 5. The Labute approximate surface area is 144 Å². The zero-order valence-electron chi connectivity index (χ0n) is 12.5. The molecule has 1 N–H and O–H groups in total. The Kier molecular flexibility index (Phi) is 5.81. The smallest absolute Gasteiger partial charge is 0.163 e. The molecular weight excluding hydrogens is 324 g/mol. The van der Waals surface area contributed by atoms with E-state index in [1.807, 2.05) is 30.3 Å². The normalized spacial score (nSPS) is 9.08. The van der Waals surface area contributed by atoms with Gasteiger partial charge >= 0.3 is 0 Å². The Balaban J connectivity index is 2.29. The summed E-state index contributed by atoms with van der Waals surface area (Å²) in [6, 6.07) is 19.6. The Morgan fingerprint density at radius 3 is 2.33 bits per heavy atom. The first-order valence-corrected chi connectivity index (χ1v) is 7.23. The van der Waals surface area contributed by atoms with Crippen molar-refractivity contribution in [1.29, 1.82) is 15.8 Å². The van der Waals surface area contributed by atoms with Crippen LogP contribution in [-0.4, -0.2) is 0 Å². The molecule has 2 rings (SSSR count). The number of anilines is 1. The number of ether oxygens (including phenoxy) is 1. The van der Waals surface area contributed by atoms with Gasteiger partial charge in [-0.3, -0.25) is 0 Å². The van der Waals surface area contributed by atoms with Gasteiger partial charge in [0.05, 0.1) is 5.69 Å². The molecular formula is C18H11ClN4O. The number of hydrogen-bond acceptors (Lipinski definition) is 5. The summed E-state index contributed by atoms with van der Waals surface area (Å²) in [5.41, 5.74) is 0.903. The molecule has 0 aliphatic heterocycles. The molecule has 0 atom stereocenters. The van der Waals surface area contributed by atoms with E-state index in [0.717, 1.165) is 5.56 Å². The van der Waals surface area contributed by atoms with Crippen molar-refractivity contribution in [1.82, 2.24) is 0 Å². The number of hydrogen-bond donors (Lipinski definition) is 1. The third-order valence-corrected chi connectivity index (χ3v) is 3.26. The summed E-state index contributed by atoms with van der Waals surface area (Å²) < 4.78 is 5.75. The lowest BCUT2D eigenvalue weighted by molar-refractivity contribution is 0.308. The molecule has 0 amide bonds. The topological polar surface area (TPSA) is 92.6 Å². The van der Waals surface area contributed by atoms with Gasteiger partial charge in [-0.25, -0.2) is 0 Å². The van der Waals surface area contributed by atoms with Crippen molar-refractivity contribution in [2.75, 3.05) is 5.32 Å². The second kappa shape index (κ2) is 8.25. The van der Waals surface area contributed by atoms with Gasteiger partial charge in [0.2, 0.25) is 0 Å². The standard InChI is InChI=1S/C18H11ClN4O/c19-15-6-7-18(24-12-13-4-2-1-3-5-13)16(8-15)23-17(11-22)14(9-20)10-21/h1-8,23H,12H2. The van der Waals surface area contributed by atoms with Gasteiger partial charge < -0.3 is 10.1 Å². The largest absolute Gasteiger partial charge is 0.487 e. The lowest BCUT2D eigenvalue weighted by Gasteiger charge is -2.13. The number of halogens is 1. The summed E-state index contributed by atoms with van der Waals surface area (Å²) in [4.78, 5) is 0. The fourth-order valence-electron chi connectivity index (χ4n) is 1.88. The molecule has 0 fully saturated rings. The number of benzene rings is 2. The maximum Gasteiger partial charge on any atom is 0.163 e. The molecule has 0 spiro atoms. The first-order valence-electron chi connectivity index (χ1n) is 6.85. The molecule has 0 radical (unpaired) electrons. The van der Waals surface area contributed by atoms with Crippen LogP contribution in [0.2, 0.25) is 5.02 Å². The zero-order valence-corrected chi connectivity index (χ0v) is 13.2. The van der Waals surface area contributed by atoms with Gasteiger partial charge in [0.15, 0.2) is 5.57 Å². The maximum absolute atomic E-state index is 9.14. The average Bonchev–Trinajstić information content (AvgIpc) is 2.62. The summed E-state index contributed by atoms with van der Waals surface area (Å²) in [6.07, 6.45) is 0. The van der Waals surface area contributed by atoms with E-state index in [0.29, 0.717) is 23.1 Å². The molecule has 5 nitrogen and oxygen atoms in total. The lowest BCUT2D eigenvalue weighted by Crippen LogP contribution is -2.04. The monoisotopic (exact) mass is 334 g/mol. The minimum Gasteiger partial charge on any atom is -0.487 e. The van der Waals surface area contributed by atoms with Crippen molar-refractivity contribution < 1.29 is 4.74 Å². The van der Waals surface area contributed by atoms with E-state index in [2.05, 4.69) is 5.32 Å². The minimum absolute atomic E-state index is 0.160. The first-order chi connectivity index (χ1) is 11.7. The van der Waals surface area contributed by atoms with E-state index >= 15 is 0 Å². The SMILES string of the molecule is N#CC(C#N)=C(C#N)Nc1cc(Cl)ccc1OCc1ccccc1. The van der Waals surface area contributed by atoms with Gasteiger partial charge in [-0.05, 0) is 23.8 Å². The van der Waals surface area contributed by atoms with E-state index in [1.54, 1.807) is 36.4 Å². The van der Waals surface area contributed by atoms with Crippen molar-refractivity contribution in [3.05, 3.63) is 70.4 Å². The maximum atomic E-state index is 9.14. The molecule has 24 heavy (non-hydrogen) atoms. The van der Waals surface area contributed by atoms with E-state index < -0.39 is 0 Å². The molecule has 0 heterocycles. The molecule has 116 valence electrons. The molecule has 0 unspecified atom stereocenters. The minimum atomic E-state index is -0.313. The highest BCUT2D eigenvalue weighted by molar-refractivity contribution is 6.30. The van der Waals surface area contributed by atoms with Crippen LogP contribution >= 0.6 is 11.6 Å². The summed E-state index contributed by atoms with van der Waals surface area (Å²) in [6.45, 7) is 0.326. The second-order valence-corrected chi connectivity index (χ2v) is 5.06. The predicted molar refractivity (Wildman–Crippen MR) is 89.7 cm³/mol. The van der Waals surface area contributed by atoms with Crippen LogP contribution in [0.3, 0.4) is 0 Å². The van der Waals surface area contributed by atoms with Crippen molar-refractivity contribution >= 4 is 17.3 Å². The number of allylic oxidation sites excluding steroid dienone is 2. The van der Waals surface area contributed by atoms with Gasteiger partial charge in [0.1, 0.15) is 36.3 Å². The third kappa shape index (κ3) is 4.27. The quantitative estimate of drug-likeness (QED) is 0.829. The first kappa shape index (κ1) is 16.9. The van der Waals surface area contributed by atoms with E-state index in [1.165, 1.54) is 0 Å². The summed E-state index contributed by atoms with van der Waals surface area (Å²) >= 11 is 5.98. The molecule has 2 aromatic rings. The molecule has 0 saturated carbocycles. The van der Waals surface area contributed by atoms with Crippen LogP contribution in [0.5, 0.6) is 5.75 Å². The summed E-state index contributed by atoms with van der Waals surface area (Å²) in [5, 5.41) is 30.1. The number of nitrogens with zero attached hydrogens (tertiary/aromatic N) is 3. The fraction of sp³-hybridized carbons (Fsp3) is 0.0556. The number of nitriles is 3. The van der Waals surface area contributed by atoms with E-state index in [9.17, 15) is 0 Å². The van der Waals surface area contributed by atoms with Crippen LogP contribution in [0.1, 0.15) is 5.56 Å². The second-order valence-electron chi connectivity index (χ2n) is 4.63. The zero-order chi connectivity index (χ0) is 17.4. The van der Waals surface area contributed by atoms with Gasteiger partial charge in [-0.2, -0.15) is 15.8 Å². The van der Waals surface area contributed by atoms with Gasteiger partial charge in [0, 0.05) is 5.02 Å². The van der Waals surface area contributed by atoms with Crippen LogP contribution in [0.4, 0.5) is 5.69 Å². The highest BCUT2D eigenvalue weighted by atomic mass is 35.5. The van der Waals surface area contributed by atoms with Gasteiger partial charge in [0.25, 0.3) is 0 Å².